The van der Waals surface area contributed by atoms with Crippen molar-refractivity contribution >= 4 is 28.2 Å². The molecule has 0 aliphatic carbocycles. The molecule has 2 heterocycles. The SMILES string of the molecule is COc1ccc2c(-c3ccnc(Nc4cc([N+](=O)[O-])c(F)cc4OC)n3)cn(C)c2c1. The van der Waals surface area contributed by atoms with Gasteiger partial charge in [-0.05, 0) is 18.2 Å². The molecule has 0 saturated carbocycles. The molecule has 0 saturated heterocycles. The van der Waals surface area contributed by atoms with Crippen LogP contribution in [0.25, 0.3) is 22.2 Å². The topological polar surface area (TPSA) is 104 Å². The number of aryl methyl sites for hydroxylation is 1. The number of fused-ring (bicyclic) bond motifs is 1. The minimum atomic E-state index is -0.992. The molecule has 0 aliphatic rings. The molecule has 31 heavy (non-hydrogen) atoms. The van der Waals surface area contributed by atoms with Crippen LogP contribution in [-0.4, -0.2) is 33.7 Å². The molecule has 0 amide bonds. The van der Waals surface area contributed by atoms with Crippen molar-refractivity contribution in [2.45, 2.75) is 0 Å². The van der Waals surface area contributed by atoms with Crippen molar-refractivity contribution in [2.24, 2.45) is 7.05 Å². The van der Waals surface area contributed by atoms with Crippen molar-refractivity contribution in [3.05, 3.63) is 64.7 Å². The van der Waals surface area contributed by atoms with E-state index in [9.17, 15) is 14.5 Å². The molecule has 9 nitrogen and oxygen atoms in total. The normalized spacial score (nSPS) is 10.8. The Hall–Kier alpha value is -4.21. The number of nitro benzene ring substituents is 1. The van der Waals surface area contributed by atoms with E-state index >= 15 is 0 Å². The van der Waals surface area contributed by atoms with Crippen LogP contribution >= 0.6 is 0 Å². The summed E-state index contributed by atoms with van der Waals surface area (Å²) in [6.07, 6.45) is 3.51. The smallest absolute Gasteiger partial charge is 0.307 e. The van der Waals surface area contributed by atoms with Crippen molar-refractivity contribution in [3.63, 3.8) is 0 Å². The Labute approximate surface area is 176 Å². The molecule has 2 aromatic heterocycles. The van der Waals surface area contributed by atoms with Crippen LogP contribution in [0.5, 0.6) is 11.5 Å². The third kappa shape index (κ3) is 3.70. The second-order valence-corrected chi connectivity index (χ2v) is 6.69. The minimum Gasteiger partial charge on any atom is -0.497 e. The fourth-order valence-electron chi connectivity index (χ4n) is 3.33. The number of hydrogen-bond donors (Lipinski definition) is 1. The van der Waals surface area contributed by atoms with E-state index in [0.29, 0.717) is 5.69 Å². The first-order valence-corrected chi connectivity index (χ1v) is 9.16. The van der Waals surface area contributed by atoms with Gasteiger partial charge in [0.1, 0.15) is 11.5 Å². The third-order valence-electron chi connectivity index (χ3n) is 4.84. The molecule has 0 bridgehead atoms. The van der Waals surface area contributed by atoms with Gasteiger partial charge >= 0.3 is 5.69 Å². The molecular formula is C21H18FN5O4. The molecule has 2 aromatic carbocycles. The Morgan fingerprint density at radius 3 is 2.68 bits per heavy atom. The predicted octanol–water partition coefficient (Wildman–Crippen LogP) is 4.44. The van der Waals surface area contributed by atoms with Crippen molar-refractivity contribution in [1.82, 2.24) is 14.5 Å². The van der Waals surface area contributed by atoms with Gasteiger partial charge in [-0.25, -0.2) is 9.97 Å². The van der Waals surface area contributed by atoms with Gasteiger partial charge in [0, 0.05) is 48.6 Å². The van der Waals surface area contributed by atoms with Gasteiger partial charge < -0.3 is 19.4 Å². The summed E-state index contributed by atoms with van der Waals surface area (Å²) in [5, 5.41) is 15.0. The number of benzene rings is 2. The van der Waals surface area contributed by atoms with E-state index in [1.807, 2.05) is 36.0 Å². The van der Waals surface area contributed by atoms with Crippen LogP contribution < -0.4 is 14.8 Å². The Bertz CT molecular complexity index is 1300. The lowest BCUT2D eigenvalue weighted by Gasteiger charge is -2.11. The number of nitro groups is 1. The molecule has 0 spiro atoms. The average molecular weight is 423 g/mol. The van der Waals surface area contributed by atoms with E-state index in [4.69, 9.17) is 9.47 Å². The monoisotopic (exact) mass is 423 g/mol. The Kier molecular flexibility index (Phi) is 5.12. The lowest BCUT2D eigenvalue weighted by Crippen LogP contribution is -2.02. The molecular weight excluding hydrogens is 405 g/mol. The lowest BCUT2D eigenvalue weighted by atomic mass is 10.1. The highest BCUT2D eigenvalue weighted by Crippen LogP contribution is 2.35. The zero-order valence-corrected chi connectivity index (χ0v) is 16.9. The molecule has 0 fully saturated rings. The van der Waals surface area contributed by atoms with Crippen LogP contribution in [-0.2, 0) is 7.05 Å². The van der Waals surface area contributed by atoms with Gasteiger partial charge in [-0.2, -0.15) is 4.39 Å². The van der Waals surface area contributed by atoms with E-state index in [-0.39, 0.29) is 17.4 Å². The number of ether oxygens (including phenoxy) is 2. The van der Waals surface area contributed by atoms with E-state index in [2.05, 4.69) is 15.3 Å². The summed E-state index contributed by atoms with van der Waals surface area (Å²) < 4.78 is 26.3. The van der Waals surface area contributed by atoms with Gasteiger partial charge in [-0.15, -0.1) is 0 Å². The molecule has 0 atom stereocenters. The first kappa shape index (κ1) is 20.1. The maximum absolute atomic E-state index is 13.9. The maximum Gasteiger partial charge on any atom is 0.307 e. The quantitative estimate of drug-likeness (QED) is 0.361. The molecule has 10 heteroatoms. The highest BCUT2D eigenvalue weighted by Gasteiger charge is 2.20. The molecule has 0 radical (unpaired) electrons. The minimum absolute atomic E-state index is 0.0920. The summed E-state index contributed by atoms with van der Waals surface area (Å²) in [7, 11) is 4.88. The number of rotatable bonds is 6. The molecule has 0 aliphatic heterocycles. The number of nitrogens with zero attached hydrogens (tertiary/aromatic N) is 4. The van der Waals surface area contributed by atoms with E-state index in [1.165, 1.54) is 7.11 Å². The van der Waals surface area contributed by atoms with Crippen molar-refractivity contribution in [2.75, 3.05) is 19.5 Å². The molecule has 158 valence electrons. The molecule has 0 unspecified atom stereocenters. The largest absolute Gasteiger partial charge is 0.497 e. The number of anilines is 2. The second kappa shape index (κ2) is 7.90. The first-order chi connectivity index (χ1) is 14.9. The summed E-state index contributed by atoms with van der Waals surface area (Å²) in [4.78, 5) is 19.0. The highest BCUT2D eigenvalue weighted by molar-refractivity contribution is 5.96. The Morgan fingerprint density at radius 1 is 1.16 bits per heavy atom. The number of halogens is 1. The van der Waals surface area contributed by atoms with Crippen LogP contribution in [0.15, 0.2) is 48.8 Å². The van der Waals surface area contributed by atoms with Crippen LogP contribution in [0, 0.1) is 15.9 Å². The van der Waals surface area contributed by atoms with Crippen LogP contribution in [0.3, 0.4) is 0 Å². The molecule has 4 rings (SSSR count). The van der Waals surface area contributed by atoms with Crippen molar-refractivity contribution in [1.29, 1.82) is 0 Å². The second-order valence-electron chi connectivity index (χ2n) is 6.69. The van der Waals surface area contributed by atoms with Gasteiger partial charge in [0.2, 0.25) is 11.8 Å². The van der Waals surface area contributed by atoms with E-state index in [0.717, 1.165) is 34.3 Å². The number of nitrogens with one attached hydrogen (secondary N) is 1. The van der Waals surface area contributed by atoms with Gasteiger partial charge in [0.15, 0.2) is 0 Å². The van der Waals surface area contributed by atoms with E-state index in [1.54, 1.807) is 19.4 Å². The van der Waals surface area contributed by atoms with Gasteiger partial charge in [0.05, 0.1) is 36.0 Å². The summed E-state index contributed by atoms with van der Waals surface area (Å²) in [6.45, 7) is 0. The third-order valence-corrected chi connectivity index (χ3v) is 4.84. The lowest BCUT2D eigenvalue weighted by molar-refractivity contribution is -0.387. The Morgan fingerprint density at radius 2 is 1.97 bits per heavy atom. The summed E-state index contributed by atoms with van der Waals surface area (Å²) in [6, 6.07) is 9.51. The van der Waals surface area contributed by atoms with Crippen molar-refractivity contribution < 1.29 is 18.8 Å². The summed E-state index contributed by atoms with van der Waals surface area (Å²) in [5.74, 6) is 0.0279. The van der Waals surface area contributed by atoms with Crippen LogP contribution in [0.1, 0.15) is 0 Å². The number of hydrogen-bond acceptors (Lipinski definition) is 7. The standard InChI is InChI=1S/C21H18FN5O4/c1-26-11-14(13-5-4-12(30-2)8-18(13)26)16-6-7-23-21(24-16)25-17-10-19(27(28)29)15(22)9-20(17)31-3/h4-11H,1-3H3,(H,23,24,25). The number of aromatic nitrogens is 3. The molecule has 1 N–H and O–H groups in total. The molecule has 4 aromatic rings. The number of methoxy groups -OCH3 is 2. The van der Waals surface area contributed by atoms with Crippen molar-refractivity contribution in [3.8, 4) is 22.8 Å². The van der Waals surface area contributed by atoms with Crippen LogP contribution in [0.2, 0.25) is 0 Å². The fraction of sp³-hybridized carbons (Fsp3) is 0.143. The van der Waals surface area contributed by atoms with Gasteiger partial charge in [-0.1, -0.05) is 0 Å². The van der Waals surface area contributed by atoms with Crippen LogP contribution in [0.4, 0.5) is 21.7 Å². The predicted molar refractivity (Wildman–Crippen MR) is 113 cm³/mol. The van der Waals surface area contributed by atoms with Gasteiger partial charge in [0.25, 0.3) is 0 Å². The zero-order chi connectivity index (χ0) is 22.1. The average Bonchev–Trinajstić information content (AvgIpc) is 3.10. The fourth-order valence-corrected chi connectivity index (χ4v) is 3.33. The highest BCUT2D eigenvalue weighted by atomic mass is 19.1. The summed E-state index contributed by atoms with van der Waals surface area (Å²) >= 11 is 0. The summed E-state index contributed by atoms with van der Waals surface area (Å²) in [5.41, 5.74) is 1.99. The first-order valence-electron chi connectivity index (χ1n) is 9.16. The van der Waals surface area contributed by atoms with E-state index < -0.39 is 16.4 Å². The maximum atomic E-state index is 13.9. The zero-order valence-electron chi connectivity index (χ0n) is 16.9. The Balaban J connectivity index is 1.75. The van der Waals surface area contributed by atoms with Gasteiger partial charge in [-0.3, -0.25) is 10.1 Å².